The van der Waals surface area contributed by atoms with E-state index in [1.165, 1.54) is 4.90 Å². The number of hydrogen-bond acceptors (Lipinski definition) is 4. The molecule has 3 aromatic carbocycles. The first-order chi connectivity index (χ1) is 19.0. The predicted octanol–water partition coefficient (Wildman–Crippen LogP) is 5.53. The van der Waals surface area contributed by atoms with E-state index in [9.17, 15) is 18.0 Å². The summed E-state index contributed by atoms with van der Waals surface area (Å²) >= 11 is 0. The third-order valence-corrected chi connectivity index (χ3v) is 9.04. The van der Waals surface area contributed by atoms with Crippen LogP contribution in [0.3, 0.4) is 0 Å². The quantitative estimate of drug-likeness (QED) is 0.314. The van der Waals surface area contributed by atoms with Gasteiger partial charge in [0.2, 0.25) is 11.8 Å². The number of amides is 2. The maximum absolute atomic E-state index is 14.1. The van der Waals surface area contributed by atoms with E-state index in [0.29, 0.717) is 12.1 Å². The molecule has 0 saturated carbocycles. The Hall–Kier alpha value is -3.65. The maximum Gasteiger partial charge on any atom is 0.264 e. The molecule has 0 radical (unpaired) electrons. The van der Waals surface area contributed by atoms with Gasteiger partial charge < -0.3 is 10.2 Å². The Morgan fingerprint density at radius 1 is 0.850 bits per heavy atom. The maximum atomic E-state index is 14.1. The number of rotatable bonds is 12. The second-order valence-electron chi connectivity index (χ2n) is 10.3. The molecule has 8 heteroatoms. The zero-order valence-corrected chi connectivity index (χ0v) is 25.2. The van der Waals surface area contributed by atoms with Crippen LogP contribution in [0.15, 0.2) is 77.7 Å². The summed E-state index contributed by atoms with van der Waals surface area (Å²) < 4.78 is 29.1. The number of hydrogen-bond donors (Lipinski definition) is 1. The first-order valence-electron chi connectivity index (χ1n) is 13.8. The summed E-state index contributed by atoms with van der Waals surface area (Å²) in [5.41, 5.74) is 4.11. The summed E-state index contributed by atoms with van der Waals surface area (Å²) in [4.78, 5) is 29.0. The van der Waals surface area contributed by atoms with Crippen molar-refractivity contribution in [2.24, 2.45) is 0 Å². The molecule has 0 saturated heterocycles. The number of sulfonamides is 1. The van der Waals surface area contributed by atoms with Gasteiger partial charge in [-0.25, -0.2) is 8.42 Å². The number of carbonyl (C=O) groups is 2. The monoisotopic (exact) mass is 563 g/mol. The minimum Gasteiger partial charge on any atom is -0.352 e. The number of nitrogens with one attached hydrogen (secondary N) is 1. The molecule has 0 aliphatic carbocycles. The van der Waals surface area contributed by atoms with Crippen molar-refractivity contribution in [2.45, 2.75) is 77.9 Å². The zero-order valence-electron chi connectivity index (χ0n) is 24.3. The van der Waals surface area contributed by atoms with Crippen LogP contribution in [-0.4, -0.2) is 43.8 Å². The van der Waals surface area contributed by atoms with E-state index in [1.54, 1.807) is 36.4 Å². The molecule has 214 valence electrons. The molecule has 0 aliphatic heterocycles. The van der Waals surface area contributed by atoms with Gasteiger partial charge in [0.05, 0.1) is 10.6 Å². The van der Waals surface area contributed by atoms with Crippen molar-refractivity contribution in [1.82, 2.24) is 10.2 Å². The number of benzene rings is 3. The molecule has 2 unspecified atom stereocenters. The van der Waals surface area contributed by atoms with Crippen LogP contribution in [-0.2, 0) is 26.2 Å². The largest absolute Gasteiger partial charge is 0.352 e. The highest BCUT2D eigenvalue weighted by Crippen LogP contribution is 2.27. The second-order valence-corrected chi connectivity index (χ2v) is 12.2. The fraction of sp³-hybridized carbons (Fsp3) is 0.375. The fourth-order valence-electron chi connectivity index (χ4n) is 4.39. The Kier molecular flexibility index (Phi) is 10.5. The van der Waals surface area contributed by atoms with E-state index >= 15 is 0 Å². The van der Waals surface area contributed by atoms with Crippen LogP contribution in [0.1, 0.15) is 55.9 Å². The van der Waals surface area contributed by atoms with E-state index < -0.39 is 28.5 Å². The molecule has 2 atom stereocenters. The van der Waals surface area contributed by atoms with Crippen molar-refractivity contribution >= 4 is 27.5 Å². The smallest absolute Gasteiger partial charge is 0.264 e. The molecule has 2 amide bonds. The Labute approximate surface area is 239 Å². The standard InChI is InChI=1S/C32H41N3O4S/c1-7-26(6)33-32(37)30(8-2)34(21-27-12-10-9-11-13-27)31(36)22-35(28-17-16-24(4)25(5)20-28)40(38,39)29-18-14-23(3)15-19-29/h9-20,26,30H,7-8,21-22H2,1-6H3,(H,33,37). The van der Waals surface area contributed by atoms with E-state index in [0.717, 1.165) is 33.0 Å². The lowest BCUT2D eigenvalue weighted by Crippen LogP contribution is -2.53. The average molecular weight is 564 g/mol. The first-order valence-corrected chi connectivity index (χ1v) is 15.2. The number of carbonyl (C=O) groups excluding carboxylic acids is 2. The Balaban J connectivity index is 2.07. The Morgan fingerprint density at radius 3 is 2.08 bits per heavy atom. The lowest BCUT2D eigenvalue weighted by molar-refractivity contribution is -0.140. The summed E-state index contributed by atoms with van der Waals surface area (Å²) in [6, 6.07) is 20.5. The minimum atomic E-state index is -4.09. The molecule has 40 heavy (non-hydrogen) atoms. The zero-order chi connectivity index (χ0) is 29.4. The normalized spacial score (nSPS) is 12.8. The number of anilines is 1. The Morgan fingerprint density at radius 2 is 1.50 bits per heavy atom. The second kappa shape index (κ2) is 13.6. The van der Waals surface area contributed by atoms with Crippen molar-refractivity contribution < 1.29 is 18.0 Å². The molecular weight excluding hydrogens is 522 g/mol. The van der Waals surface area contributed by atoms with Gasteiger partial charge in [0.15, 0.2) is 0 Å². The van der Waals surface area contributed by atoms with Crippen molar-refractivity contribution in [3.05, 3.63) is 95.1 Å². The SMILES string of the molecule is CCC(C)NC(=O)C(CC)N(Cc1ccccc1)C(=O)CN(c1ccc(C)c(C)c1)S(=O)(=O)c1ccc(C)cc1. The highest BCUT2D eigenvalue weighted by Gasteiger charge is 2.34. The third-order valence-electron chi connectivity index (χ3n) is 7.25. The summed E-state index contributed by atoms with van der Waals surface area (Å²) in [6.07, 6.45) is 1.14. The molecule has 1 N–H and O–H groups in total. The first kappa shape index (κ1) is 30.9. The molecule has 7 nitrogen and oxygen atoms in total. The molecule has 0 aromatic heterocycles. The molecule has 0 aliphatic rings. The minimum absolute atomic E-state index is 0.0517. The highest BCUT2D eigenvalue weighted by molar-refractivity contribution is 7.92. The van der Waals surface area contributed by atoms with Crippen molar-refractivity contribution in [3.63, 3.8) is 0 Å². The summed E-state index contributed by atoms with van der Waals surface area (Å²) in [6.45, 7) is 11.2. The highest BCUT2D eigenvalue weighted by atomic mass is 32.2. The van der Waals surface area contributed by atoms with Gasteiger partial charge in [-0.3, -0.25) is 13.9 Å². The molecule has 0 spiro atoms. The van der Waals surface area contributed by atoms with Gasteiger partial charge >= 0.3 is 0 Å². The van der Waals surface area contributed by atoms with Gasteiger partial charge in [0.1, 0.15) is 12.6 Å². The van der Waals surface area contributed by atoms with Crippen LogP contribution in [0.4, 0.5) is 5.69 Å². The number of aryl methyl sites for hydroxylation is 3. The van der Waals surface area contributed by atoms with Crippen molar-refractivity contribution in [1.29, 1.82) is 0 Å². The lowest BCUT2D eigenvalue weighted by atomic mass is 10.1. The van der Waals surface area contributed by atoms with Crippen LogP contribution < -0.4 is 9.62 Å². The molecule has 0 bridgehead atoms. The van der Waals surface area contributed by atoms with Crippen LogP contribution in [0.2, 0.25) is 0 Å². The van der Waals surface area contributed by atoms with Gasteiger partial charge in [0.25, 0.3) is 10.0 Å². The summed E-state index contributed by atoms with van der Waals surface area (Å²) in [5.74, 6) is -0.704. The molecular formula is C32H41N3O4S. The number of nitrogens with zero attached hydrogens (tertiary/aromatic N) is 2. The van der Waals surface area contributed by atoms with Crippen LogP contribution >= 0.6 is 0 Å². The fourth-order valence-corrected chi connectivity index (χ4v) is 5.79. The molecule has 3 aromatic rings. The topological polar surface area (TPSA) is 86.8 Å². The van der Waals surface area contributed by atoms with Gasteiger partial charge in [-0.05, 0) is 81.5 Å². The molecule has 0 fully saturated rings. The van der Waals surface area contributed by atoms with Crippen LogP contribution in [0, 0.1) is 20.8 Å². The van der Waals surface area contributed by atoms with Crippen LogP contribution in [0.25, 0.3) is 0 Å². The van der Waals surface area contributed by atoms with E-state index in [2.05, 4.69) is 5.32 Å². The van der Waals surface area contributed by atoms with Gasteiger partial charge in [-0.2, -0.15) is 0 Å². The van der Waals surface area contributed by atoms with E-state index in [1.807, 2.05) is 77.9 Å². The van der Waals surface area contributed by atoms with Gasteiger partial charge in [-0.15, -0.1) is 0 Å². The van der Waals surface area contributed by atoms with Crippen LogP contribution in [0.5, 0.6) is 0 Å². The van der Waals surface area contributed by atoms with E-state index in [-0.39, 0.29) is 23.4 Å². The lowest BCUT2D eigenvalue weighted by Gasteiger charge is -2.34. The van der Waals surface area contributed by atoms with Gasteiger partial charge in [0, 0.05) is 12.6 Å². The molecule has 0 heterocycles. The summed E-state index contributed by atoms with van der Waals surface area (Å²) in [7, 11) is -4.09. The van der Waals surface area contributed by atoms with Crippen molar-refractivity contribution in [3.8, 4) is 0 Å². The third kappa shape index (κ3) is 7.50. The van der Waals surface area contributed by atoms with E-state index in [4.69, 9.17) is 0 Å². The van der Waals surface area contributed by atoms with Crippen molar-refractivity contribution in [2.75, 3.05) is 10.8 Å². The molecule has 3 rings (SSSR count). The Bertz CT molecular complexity index is 1410. The summed E-state index contributed by atoms with van der Waals surface area (Å²) in [5, 5.41) is 3.00. The predicted molar refractivity (Wildman–Crippen MR) is 161 cm³/mol. The van der Waals surface area contributed by atoms with Gasteiger partial charge in [-0.1, -0.05) is 67.9 Å². The average Bonchev–Trinajstić information content (AvgIpc) is 2.93.